The lowest BCUT2D eigenvalue weighted by Crippen LogP contribution is -2.44. The van der Waals surface area contributed by atoms with E-state index in [9.17, 15) is 14.4 Å². The van der Waals surface area contributed by atoms with Crippen LogP contribution in [0.25, 0.3) is 0 Å². The number of esters is 1. The van der Waals surface area contributed by atoms with Crippen LogP contribution < -0.4 is 5.32 Å². The largest absolute Gasteiger partial charge is 0.453 e. The number of rotatable bonds is 7. The summed E-state index contributed by atoms with van der Waals surface area (Å²) in [6, 6.07) is 3.69. The highest BCUT2D eigenvalue weighted by Crippen LogP contribution is 2.22. The average Bonchev–Trinajstić information content (AvgIpc) is 2.60. The number of ether oxygens (including phenoxy) is 1. The molecule has 26 heavy (non-hydrogen) atoms. The summed E-state index contributed by atoms with van der Waals surface area (Å²) in [5.74, 6) is -0.463. The minimum Gasteiger partial charge on any atom is -0.453 e. The van der Waals surface area contributed by atoms with Gasteiger partial charge in [-0.25, -0.2) is 4.79 Å². The number of halogens is 2. The number of Topliss-reactive ketones (excluding diaryl/α,β-unsaturated/α-hetero) is 1. The first-order valence-corrected chi connectivity index (χ1v) is 10.6. The van der Waals surface area contributed by atoms with Crippen LogP contribution in [-0.2, 0) is 14.3 Å². The summed E-state index contributed by atoms with van der Waals surface area (Å²) in [6.07, 6.45) is 4.25. The third-order valence-electron chi connectivity index (χ3n) is 4.13. The van der Waals surface area contributed by atoms with E-state index < -0.39 is 24.0 Å². The van der Waals surface area contributed by atoms with Gasteiger partial charge in [-0.05, 0) is 55.9 Å². The second-order valence-electron chi connectivity index (χ2n) is 6.07. The second-order valence-corrected chi connectivity index (χ2v) is 7.90. The Morgan fingerprint density at radius 2 is 2.12 bits per heavy atom. The lowest BCUT2D eigenvalue weighted by atomic mass is 9.96. The van der Waals surface area contributed by atoms with E-state index in [4.69, 9.17) is 27.9 Å². The first-order valence-electron chi connectivity index (χ1n) is 8.40. The molecule has 142 valence electrons. The van der Waals surface area contributed by atoms with E-state index >= 15 is 0 Å². The van der Waals surface area contributed by atoms with Gasteiger partial charge in [0, 0.05) is 11.4 Å². The first kappa shape index (κ1) is 21.1. The monoisotopic (exact) mass is 417 g/mol. The van der Waals surface area contributed by atoms with Gasteiger partial charge in [0.2, 0.25) is 0 Å². The second kappa shape index (κ2) is 10.2. The van der Waals surface area contributed by atoms with Crippen molar-refractivity contribution >= 4 is 52.6 Å². The summed E-state index contributed by atoms with van der Waals surface area (Å²) in [7, 11) is 0. The fraction of sp³-hybridized carbons (Fsp3) is 0.500. The number of amides is 1. The number of benzene rings is 1. The van der Waals surface area contributed by atoms with Crippen molar-refractivity contribution in [1.82, 2.24) is 5.32 Å². The van der Waals surface area contributed by atoms with Crippen molar-refractivity contribution in [3.05, 3.63) is 33.8 Å². The molecule has 1 N–H and O–H groups in total. The van der Waals surface area contributed by atoms with Gasteiger partial charge < -0.3 is 10.1 Å². The third-order valence-corrected chi connectivity index (χ3v) is 5.33. The molecule has 0 aliphatic heterocycles. The van der Waals surface area contributed by atoms with Gasteiger partial charge in [0.05, 0.1) is 10.6 Å². The van der Waals surface area contributed by atoms with Crippen LogP contribution in [0, 0.1) is 0 Å². The van der Waals surface area contributed by atoms with E-state index in [-0.39, 0.29) is 16.4 Å². The number of nitrogens with one attached hydrogen (secondary N) is 1. The number of hydrogen-bond donors (Lipinski definition) is 1. The topological polar surface area (TPSA) is 72.5 Å². The standard InChI is InChI=1S/C18H21Cl2NO4S/c1-26-9-8-14(18(24)25-16-5-3-2-4-15(16)22)21-17(23)12-7-6-11(19)10-13(12)20/h6-7,10,14,16H,2-5,8-9H2,1H3,(H,21,23)/t14-,16-/m1/s1. The summed E-state index contributed by atoms with van der Waals surface area (Å²) < 4.78 is 5.38. The quantitative estimate of drug-likeness (QED) is 0.680. The molecule has 1 aromatic carbocycles. The normalized spacial score (nSPS) is 18.3. The summed E-state index contributed by atoms with van der Waals surface area (Å²) in [6.45, 7) is 0. The smallest absolute Gasteiger partial charge is 0.329 e. The van der Waals surface area contributed by atoms with Crippen LogP contribution in [0.15, 0.2) is 18.2 Å². The Bertz CT molecular complexity index is 683. The summed E-state index contributed by atoms with van der Waals surface area (Å²) in [5, 5.41) is 3.29. The van der Waals surface area contributed by atoms with Gasteiger partial charge in [-0.1, -0.05) is 23.2 Å². The van der Waals surface area contributed by atoms with Crippen LogP contribution in [-0.4, -0.2) is 41.8 Å². The molecule has 2 atom stereocenters. The van der Waals surface area contributed by atoms with Crippen molar-refractivity contribution < 1.29 is 19.1 Å². The molecule has 0 heterocycles. The van der Waals surface area contributed by atoms with E-state index in [1.807, 2.05) is 6.26 Å². The number of carbonyl (C=O) groups excluding carboxylic acids is 3. The molecule has 1 amide bonds. The fourth-order valence-electron chi connectivity index (χ4n) is 2.69. The Labute approximate surface area is 167 Å². The zero-order valence-electron chi connectivity index (χ0n) is 14.4. The number of ketones is 1. The highest BCUT2D eigenvalue weighted by Gasteiger charge is 2.30. The van der Waals surface area contributed by atoms with Gasteiger partial charge in [-0.3, -0.25) is 9.59 Å². The van der Waals surface area contributed by atoms with Gasteiger partial charge in [-0.15, -0.1) is 0 Å². The van der Waals surface area contributed by atoms with Crippen LogP contribution in [0.2, 0.25) is 10.0 Å². The van der Waals surface area contributed by atoms with Gasteiger partial charge in [0.25, 0.3) is 5.91 Å². The van der Waals surface area contributed by atoms with Gasteiger partial charge in [0.15, 0.2) is 11.9 Å². The molecule has 0 spiro atoms. The van der Waals surface area contributed by atoms with Gasteiger partial charge >= 0.3 is 5.97 Å². The molecule has 0 bridgehead atoms. The van der Waals surface area contributed by atoms with E-state index in [0.717, 1.165) is 12.8 Å². The van der Waals surface area contributed by atoms with Crippen molar-refractivity contribution in [2.24, 2.45) is 0 Å². The lowest BCUT2D eigenvalue weighted by Gasteiger charge is -2.24. The van der Waals surface area contributed by atoms with Crippen LogP contribution in [0.4, 0.5) is 0 Å². The molecule has 0 aromatic heterocycles. The molecule has 1 saturated carbocycles. The Morgan fingerprint density at radius 1 is 1.35 bits per heavy atom. The highest BCUT2D eigenvalue weighted by atomic mass is 35.5. The van der Waals surface area contributed by atoms with Crippen molar-refractivity contribution in [3.8, 4) is 0 Å². The minimum atomic E-state index is -0.837. The lowest BCUT2D eigenvalue weighted by molar-refractivity contribution is -0.158. The predicted molar refractivity (Wildman–Crippen MR) is 104 cm³/mol. The number of hydrogen-bond acceptors (Lipinski definition) is 5. The fourth-order valence-corrected chi connectivity index (χ4v) is 3.66. The van der Waals surface area contributed by atoms with E-state index in [0.29, 0.717) is 30.0 Å². The molecule has 2 rings (SSSR count). The van der Waals surface area contributed by atoms with Crippen LogP contribution in [0.3, 0.4) is 0 Å². The Balaban J connectivity index is 2.06. The van der Waals surface area contributed by atoms with Gasteiger partial charge in [-0.2, -0.15) is 11.8 Å². The minimum absolute atomic E-state index is 0.0553. The van der Waals surface area contributed by atoms with Crippen LogP contribution in [0.1, 0.15) is 42.5 Å². The molecule has 1 fully saturated rings. The summed E-state index contributed by atoms with van der Waals surface area (Å²) >= 11 is 13.5. The van der Waals surface area contributed by atoms with Crippen molar-refractivity contribution in [2.75, 3.05) is 12.0 Å². The zero-order valence-corrected chi connectivity index (χ0v) is 16.8. The molecule has 5 nitrogen and oxygen atoms in total. The van der Waals surface area contributed by atoms with Crippen LogP contribution in [0.5, 0.6) is 0 Å². The van der Waals surface area contributed by atoms with Crippen molar-refractivity contribution in [2.45, 2.75) is 44.2 Å². The Morgan fingerprint density at radius 3 is 2.77 bits per heavy atom. The number of carbonyl (C=O) groups is 3. The van der Waals surface area contributed by atoms with E-state index in [1.165, 1.54) is 12.1 Å². The third kappa shape index (κ3) is 5.89. The molecule has 0 saturated heterocycles. The molecule has 8 heteroatoms. The molecule has 0 radical (unpaired) electrons. The maximum Gasteiger partial charge on any atom is 0.329 e. The maximum absolute atomic E-state index is 12.5. The Hall–Kier alpha value is -1.24. The van der Waals surface area contributed by atoms with Gasteiger partial charge in [0.1, 0.15) is 6.04 Å². The highest BCUT2D eigenvalue weighted by molar-refractivity contribution is 7.98. The molecular formula is C18H21Cl2NO4S. The Kier molecular flexibility index (Phi) is 8.25. The molecular weight excluding hydrogens is 397 g/mol. The van der Waals surface area contributed by atoms with Crippen molar-refractivity contribution in [3.63, 3.8) is 0 Å². The molecule has 0 unspecified atom stereocenters. The summed E-state index contributed by atoms with van der Waals surface area (Å²) in [4.78, 5) is 36.9. The molecule has 1 aliphatic carbocycles. The first-order chi connectivity index (χ1) is 12.4. The molecule has 1 aliphatic rings. The predicted octanol–water partition coefficient (Wildman–Crippen LogP) is 3.90. The molecule has 1 aromatic rings. The van der Waals surface area contributed by atoms with Crippen LogP contribution >= 0.6 is 35.0 Å². The van der Waals surface area contributed by atoms with Crippen molar-refractivity contribution in [1.29, 1.82) is 0 Å². The van der Waals surface area contributed by atoms with E-state index in [1.54, 1.807) is 17.8 Å². The summed E-state index contributed by atoms with van der Waals surface area (Å²) in [5.41, 5.74) is 0.228. The zero-order chi connectivity index (χ0) is 19.1. The maximum atomic E-state index is 12.5. The SMILES string of the molecule is CSCC[C@@H](NC(=O)c1ccc(Cl)cc1Cl)C(=O)O[C@@H]1CCCCC1=O. The number of thioether (sulfide) groups is 1. The van der Waals surface area contributed by atoms with E-state index in [2.05, 4.69) is 5.32 Å². The average molecular weight is 418 g/mol.